The van der Waals surface area contributed by atoms with Crippen LogP contribution in [-0.2, 0) is 6.18 Å². The predicted octanol–water partition coefficient (Wildman–Crippen LogP) is 5.34. The molecule has 0 radical (unpaired) electrons. The van der Waals surface area contributed by atoms with Crippen molar-refractivity contribution in [3.05, 3.63) is 35.5 Å². The lowest BCUT2D eigenvalue weighted by Crippen LogP contribution is -2.27. The molecule has 8 heteroatoms. The van der Waals surface area contributed by atoms with Crippen LogP contribution in [0.25, 0.3) is 0 Å². The first-order valence-corrected chi connectivity index (χ1v) is 8.74. The monoisotopic (exact) mass is 380 g/mol. The highest BCUT2D eigenvalue weighted by molar-refractivity contribution is 5.61. The van der Waals surface area contributed by atoms with Gasteiger partial charge in [-0.05, 0) is 51.8 Å². The van der Waals surface area contributed by atoms with Gasteiger partial charge in [0.2, 0.25) is 5.95 Å². The summed E-state index contributed by atoms with van der Waals surface area (Å²) in [6.07, 6.45) is -2.38. The van der Waals surface area contributed by atoms with Gasteiger partial charge in [0.1, 0.15) is 11.6 Å². The van der Waals surface area contributed by atoms with Gasteiger partial charge in [-0.1, -0.05) is 0 Å². The maximum absolute atomic E-state index is 13.2. The van der Waals surface area contributed by atoms with Crippen molar-refractivity contribution in [3.8, 4) is 5.75 Å². The zero-order valence-corrected chi connectivity index (χ0v) is 15.7. The van der Waals surface area contributed by atoms with Crippen molar-refractivity contribution in [2.45, 2.75) is 51.2 Å². The number of hydrogen-bond acceptors (Lipinski definition) is 5. The fourth-order valence-corrected chi connectivity index (χ4v) is 2.66. The standard InChI is InChI=1S/C19H23F3N4O/c1-18(2,3)26-17-24-14(11-5-6-11)10-16(25-17)23-12-7-8-15(27-4)13(9-12)19(20,21)22/h7-11H,5-6H2,1-4H3,(H2,23,24,25,26). The van der Waals surface area contributed by atoms with Gasteiger partial charge in [-0.15, -0.1) is 0 Å². The van der Waals surface area contributed by atoms with Crippen molar-refractivity contribution >= 4 is 17.5 Å². The molecule has 27 heavy (non-hydrogen) atoms. The second-order valence-electron chi connectivity index (χ2n) is 7.69. The van der Waals surface area contributed by atoms with E-state index in [0.29, 0.717) is 17.7 Å². The zero-order chi connectivity index (χ0) is 19.8. The van der Waals surface area contributed by atoms with Gasteiger partial charge in [-0.2, -0.15) is 18.2 Å². The van der Waals surface area contributed by atoms with Crippen molar-refractivity contribution in [1.82, 2.24) is 9.97 Å². The third-order valence-corrected chi connectivity index (χ3v) is 4.01. The molecule has 0 unspecified atom stereocenters. The summed E-state index contributed by atoms with van der Waals surface area (Å²) in [7, 11) is 1.22. The van der Waals surface area contributed by atoms with E-state index in [4.69, 9.17) is 4.74 Å². The van der Waals surface area contributed by atoms with Gasteiger partial charge in [-0.3, -0.25) is 0 Å². The van der Waals surface area contributed by atoms with Crippen LogP contribution in [0.2, 0.25) is 0 Å². The second kappa shape index (κ2) is 6.90. The van der Waals surface area contributed by atoms with E-state index >= 15 is 0 Å². The number of aromatic nitrogens is 2. The van der Waals surface area contributed by atoms with Crippen LogP contribution in [-0.4, -0.2) is 22.6 Å². The van der Waals surface area contributed by atoms with Crippen LogP contribution in [0.15, 0.2) is 24.3 Å². The lowest BCUT2D eigenvalue weighted by molar-refractivity contribution is -0.138. The van der Waals surface area contributed by atoms with Crippen LogP contribution >= 0.6 is 0 Å². The molecule has 1 heterocycles. The predicted molar refractivity (Wildman–Crippen MR) is 98.7 cm³/mol. The van der Waals surface area contributed by atoms with Crippen molar-refractivity contribution in [2.24, 2.45) is 0 Å². The molecule has 1 aliphatic carbocycles. The Morgan fingerprint density at radius 2 is 1.78 bits per heavy atom. The molecule has 0 aliphatic heterocycles. The lowest BCUT2D eigenvalue weighted by Gasteiger charge is -2.21. The summed E-state index contributed by atoms with van der Waals surface area (Å²) in [5, 5.41) is 6.19. The lowest BCUT2D eigenvalue weighted by atomic mass is 10.1. The third-order valence-electron chi connectivity index (χ3n) is 4.01. The number of hydrogen-bond donors (Lipinski definition) is 2. The molecule has 0 spiro atoms. The minimum Gasteiger partial charge on any atom is -0.496 e. The number of anilines is 3. The Bertz CT molecular complexity index is 827. The van der Waals surface area contributed by atoms with E-state index < -0.39 is 11.7 Å². The van der Waals surface area contributed by atoms with E-state index in [-0.39, 0.29) is 17.0 Å². The minimum atomic E-state index is -4.51. The van der Waals surface area contributed by atoms with Gasteiger partial charge < -0.3 is 15.4 Å². The molecule has 0 amide bonds. The molecule has 0 bridgehead atoms. The van der Waals surface area contributed by atoms with Crippen LogP contribution in [0, 0.1) is 0 Å². The number of rotatable bonds is 5. The highest BCUT2D eigenvalue weighted by atomic mass is 19.4. The number of alkyl halides is 3. The maximum Gasteiger partial charge on any atom is 0.420 e. The van der Waals surface area contributed by atoms with Crippen molar-refractivity contribution in [3.63, 3.8) is 0 Å². The first kappa shape index (κ1) is 19.3. The Hall–Kier alpha value is -2.51. The number of methoxy groups -OCH3 is 1. The molecule has 2 aromatic rings. The van der Waals surface area contributed by atoms with E-state index in [0.717, 1.165) is 24.6 Å². The van der Waals surface area contributed by atoms with Gasteiger partial charge in [0.25, 0.3) is 0 Å². The summed E-state index contributed by atoms with van der Waals surface area (Å²) in [5.41, 5.74) is 0.108. The molecule has 1 aromatic carbocycles. The molecular formula is C19H23F3N4O. The van der Waals surface area contributed by atoms with Crippen LogP contribution in [0.5, 0.6) is 5.75 Å². The SMILES string of the molecule is COc1ccc(Nc2cc(C3CC3)nc(NC(C)(C)C)n2)cc1C(F)(F)F. The normalized spacial score (nSPS) is 14.8. The van der Waals surface area contributed by atoms with Gasteiger partial charge in [-0.25, -0.2) is 4.98 Å². The van der Waals surface area contributed by atoms with Crippen LogP contribution < -0.4 is 15.4 Å². The van der Waals surface area contributed by atoms with Gasteiger partial charge in [0.15, 0.2) is 0 Å². The highest BCUT2D eigenvalue weighted by Crippen LogP contribution is 2.41. The summed E-state index contributed by atoms with van der Waals surface area (Å²) in [5.74, 6) is 1.08. The average Bonchev–Trinajstić information content (AvgIpc) is 3.37. The van der Waals surface area contributed by atoms with Gasteiger partial charge in [0.05, 0.1) is 18.4 Å². The smallest absolute Gasteiger partial charge is 0.420 e. The molecule has 1 saturated carbocycles. The van der Waals surface area contributed by atoms with E-state index in [1.807, 2.05) is 20.8 Å². The fourth-order valence-electron chi connectivity index (χ4n) is 2.66. The number of nitrogens with zero attached hydrogens (tertiary/aromatic N) is 2. The van der Waals surface area contributed by atoms with Crippen molar-refractivity contribution in [1.29, 1.82) is 0 Å². The number of ether oxygens (including phenoxy) is 1. The fraction of sp³-hybridized carbons (Fsp3) is 0.474. The summed E-state index contributed by atoms with van der Waals surface area (Å²) in [4.78, 5) is 8.96. The van der Waals surface area contributed by atoms with Crippen molar-refractivity contribution < 1.29 is 17.9 Å². The van der Waals surface area contributed by atoms with Crippen LogP contribution in [0.1, 0.15) is 50.8 Å². The summed E-state index contributed by atoms with van der Waals surface area (Å²) in [6.45, 7) is 5.98. The first-order chi connectivity index (χ1) is 12.5. The second-order valence-corrected chi connectivity index (χ2v) is 7.69. The van der Waals surface area contributed by atoms with Gasteiger partial charge >= 0.3 is 6.18 Å². The van der Waals surface area contributed by atoms with Crippen LogP contribution in [0.3, 0.4) is 0 Å². The van der Waals surface area contributed by atoms with Crippen LogP contribution in [0.4, 0.5) is 30.6 Å². The highest BCUT2D eigenvalue weighted by Gasteiger charge is 2.34. The topological polar surface area (TPSA) is 59.1 Å². The molecule has 146 valence electrons. The Labute approximate surface area is 156 Å². The first-order valence-electron chi connectivity index (χ1n) is 8.74. The van der Waals surface area contributed by atoms with Crippen molar-refractivity contribution in [2.75, 3.05) is 17.7 Å². The molecule has 1 aliphatic rings. The van der Waals surface area contributed by atoms with E-state index in [2.05, 4.69) is 20.6 Å². The Morgan fingerprint density at radius 3 is 2.33 bits per heavy atom. The molecule has 5 nitrogen and oxygen atoms in total. The summed E-state index contributed by atoms with van der Waals surface area (Å²) >= 11 is 0. The molecule has 1 fully saturated rings. The number of halogens is 3. The molecule has 1 aromatic heterocycles. The number of nitrogens with one attached hydrogen (secondary N) is 2. The van der Waals surface area contributed by atoms with E-state index in [9.17, 15) is 13.2 Å². The Kier molecular flexibility index (Phi) is 4.92. The Balaban J connectivity index is 1.93. The molecule has 2 N–H and O–H groups in total. The minimum absolute atomic E-state index is 0.218. The number of benzene rings is 1. The summed E-state index contributed by atoms with van der Waals surface area (Å²) in [6, 6.07) is 5.64. The quantitative estimate of drug-likeness (QED) is 0.734. The molecule has 0 saturated heterocycles. The van der Waals surface area contributed by atoms with E-state index in [1.54, 1.807) is 6.07 Å². The zero-order valence-electron chi connectivity index (χ0n) is 15.7. The van der Waals surface area contributed by atoms with Gasteiger partial charge in [0, 0.05) is 23.2 Å². The Morgan fingerprint density at radius 1 is 1.07 bits per heavy atom. The molecular weight excluding hydrogens is 357 g/mol. The summed E-state index contributed by atoms with van der Waals surface area (Å²) < 4.78 is 44.5. The molecule has 0 atom stereocenters. The third kappa shape index (κ3) is 5.02. The largest absolute Gasteiger partial charge is 0.496 e. The average molecular weight is 380 g/mol. The van der Waals surface area contributed by atoms with E-state index in [1.165, 1.54) is 19.2 Å². The maximum atomic E-state index is 13.2. The molecule has 3 rings (SSSR count).